The van der Waals surface area contributed by atoms with E-state index in [4.69, 9.17) is 21.4 Å². The van der Waals surface area contributed by atoms with E-state index in [-0.39, 0.29) is 24.6 Å². The lowest BCUT2D eigenvalue weighted by Gasteiger charge is -2.13. The number of hydrogen-bond acceptors (Lipinski definition) is 4. The lowest BCUT2D eigenvalue weighted by atomic mass is 10.2. The molecule has 2 aromatic rings. The first-order chi connectivity index (χ1) is 10.5. The molecule has 0 aliphatic heterocycles. The van der Waals surface area contributed by atoms with Crippen LogP contribution in [0.25, 0.3) is 0 Å². The van der Waals surface area contributed by atoms with Crippen LogP contribution in [0.3, 0.4) is 0 Å². The number of nitrogens with one attached hydrogen (secondary N) is 1. The molecule has 0 atom stereocenters. The van der Waals surface area contributed by atoms with Gasteiger partial charge in [-0.05, 0) is 18.2 Å². The van der Waals surface area contributed by atoms with Crippen molar-refractivity contribution in [3.8, 4) is 5.75 Å². The normalized spacial score (nSPS) is 10.3. The molecular weight excluding hydrogens is 308 g/mol. The summed E-state index contributed by atoms with van der Waals surface area (Å²) in [4.78, 5) is 24.2. The van der Waals surface area contributed by atoms with Crippen molar-refractivity contribution < 1.29 is 14.6 Å². The predicted molar refractivity (Wildman–Crippen MR) is 83.7 cm³/mol. The molecule has 0 radical (unpaired) electrons. The van der Waals surface area contributed by atoms with Gasteiger partial charge < -0.3 is 19.7 Å². The van der Waals surface area contributed by atoms with Crippen LogP contribution in [0.15, 0.2) is 41.3 Å². The summed E-state index contributed by atoms with van der Waals surface area (Å²) in [7, 11) is 1.37. The van der Waals surface area contributed by atoms with E-state index in [2.05, 4.69) is 5.32 Å². The summed E-state index contributed by atoms with van der Waals surface area (Å²) in [5.41, 5.74) is 0.226. The number of benzene rings is 1. The minimum atomic E-state index is -0.476. The number of methoxy groups -OCH3 is 1. The maximum absolute atomic E-state index is 12.3. The molecule has 116 valence electrons. The number of aliphatic hydroxyl groups excluding tert-OH is 1. The molecule has 1 heterocycles. The third kappa shape index (κ3) is 3.66. The zero-order valence-electron chi connectivity index (χ0n) is 11.9. The topological polar surface area (TPSA) is 80.6 Å². The van der Waals surface area contributed by atoms with E-state index in [9.17, 15) is 9.59 Å². The van der Waals surface area contributed by atoms with Crippen LogP contribution in [-0.4, -0.2) is 29.3 Å². The number of amides is 1. The number of nitrogens with zero attached hydrogens (tertiary/aromatic N) is 1. The molecule has 0 aliphatic carbocycles. The second-order valence-corrected chi connectivity index (χ2v) is 4.91. The van der Waals surface area contributed by atoms with Gasteiger partial charge in [0, 0.05) is 23.3 Å². The van der Waals surface area contributed by atoms with E-state index in [1.807, 2.05) is 0 Å². The van der Waals surface area contributed by atoms with Crippen LogP contribution >= 0.6 is 11.6 Å². The Morgan fingerprint density at radius 3 is 2.82 bits per heavy atom. The van der Waals surface area contributed by atoms with Crippen LogP contribution < -0.4 is 15.5 Å². The van der Waals surface area contributed by atoms with Gasteiger partial charge in [-0.25, -0.2) is 0 Å². The molecule has 0 unspecified atom stereocenters. The minimum absolute atomic E-state index is 0.104. The highest BCUT2D eigenvalue weighted by atomic mass is 35.5. The lowest BCUT2D eigenvalue weighted by Crippen LogP contribution is -2.23. The van der Waals surface area contributed by atoms with Crippen molar-refractivity contribution in [2.75, 3.05) is 19.0 Å². The average molecular weight is 323 g/mol. The highest BCUT2D eigenvalue weighted by molar-refractivity contribution is 6.30. The van der Waals surface area contributed by atoms with Crippen LogP contribution in [0.4, 0.5) is 5.69 Å². The van der Waals surface area contributed by atoms with Crippen LogP contribution in [0.2, 0.25) is 5.02 Å². The summed E-state index contributed by atoms with van der Waals surface area (Å²) in [6.07, 6.45) is 1.39. The third-order valence-corrected chi connectivity index (χ3v) is 3.20. The van der Waals surface area contributed by atoms with Crippen molar-refractivity contribution in [2.24, 2.45) is 0 Å². The Balaban J connectivity index is 2.35. The number of aromatic nitrogens is 1. The fourth-order valence-electron chi connectivity index (χ4n) is 1.96. The lowest BCUT2D eigenvalue weighted by molar-refractivity contribution is 0.101. The van der Waals surface area contributed by atoms with Crippen molar-refractivity contribution in [1.29, 1.82) is 0 Å². The zero-order chi connectivity index (χ0) is 16.1. The van der Waals surface area contributed by atoms with Crippen LogP contribution in [-0.2, 0) is 6.54 Å². The van der Waals surface area contributed by atoms with Crippen molar-refractivity contribution in [1.82, 2.24) is 4.57 Å². The predicted octanol–water partition coefficient (Wildman–Crippen LogP) is 1.75. The summed E-state index contributed by atoms with van der Waals surface area (Å²) in [5, 5.41) is 12.2. The number of anilines is 1. The molecule has 6 nitrogen and oxygen atoms in total. The molecular formula is C15H15ClN2O4. The molecule has 7 heteroatoms. The number of hydrogen-bond donors (Lipinski definition) is 2. The Bertz CT molecular complexity index is 743. The van der Waals surface area contributed by atoms with E-state index in [1.54, 1.807) is 24.3 Å². The first-order valence-electron chi connectivity index (χ1n) is 6.51. The van der Waals surface area contributed by atoms with Crippen molar-refractivity contribution in [3.05, 3.63) is 57.5 Å². The van der Waals surface area contributed by atoms with Crippen molar-refractivity contribution in [2.45, 2.75) is 6.54 Å². The van der Waals surface area contributed by atoms with E-state index in [0.717, 1.165) is 0 Å². The summed E-state index contributed by atoms with van der Waals surface area (Å²) < 4.78 is 6.40. The van der Waals surface area contributed by atoms with Crippen molar-refractivity contribution >= 4 is 23.2 Å². The Kier molecular flexibility index (Phi) is 5.19. The molecule has 0 fully saturated rings. The summed E-state index contributed by atoms with van der Waals surface area (Å²) in [6, 6.07) is 7.84. The summed E-state index contributed by atoms with van der Waals surface area (Å²) in [5.74, 6) is -0.372. The first kappa shape index (κ1) is 16.1. The van der Waals surface area contributed by atoms with Gasteiger partial charge in [0.25, 0.3) is 5.91 Å². The molecule has 0 aliphatic rings. The fourth-order valence-corrected chi connectivity index (χ4v) is 2.15. The van der Waals surface area contributed by atoms with Gasteiger partial charge in [-0.2, -0.15) is 0 Å². The second kappa shape index (κ2) is 7.11. The molecule has 0 spiro atoms. The van der Waals surface area contributed by atoms with Gasteiger partial charge in [0.2, 0.25) is 5.43 Å². The number of ether oxygens (including phenoxy) is 1. The third-order valence-electron chi connectivity index (χ3n) is 2.97. The molecule has 1 aromatic heterocycles. The highest BCUT2D eigenvalue weighted by Crippen LogP contribution is 2.16. The number of carbonyl (C=O) groups excluding carboxylic acids is 1. The van der Waals surface area contributed by atoms with E-state index in [0.29, 0.717) is 10.7 Å². The monoisotopic (exact) mass is 322 g/mol. The maximum atomic E-state index is 12.3. The SMILES string of the molecule is COc1cn(CCO)c(C(=O)Nc2cccc(Cl)c2)cc1=O. The zero-order valence-corrected chi connectivity index (χ0v) is 12.6. The fraction of sp³-hybridized carbons (Fsp3) is 0.200. The van der Waals surface area contributed by atoms with E-state index in [1.165, 1.54) is 23.9 Å². The second-order valence-electron chi connectivity index (χ2n) is 4.47. The van der Waals surface area contributed by atoms with Crippen LogP contribution in [0, 0.1) is 0 Å². The molecule has 0 saturated heterocycles. The standard InChI is InChI=1S/C15H15ClN2O4/c1-22-14-9-18(5-6-19)12(8-13(14)20)15(21)17-11-4-2-3-10(16)7-11/h2-4,7-9,19H,5-6H2,1H3,(H,17,21). The van der Waals surface area contributed by atoms with Gasteiger partial charge in [-0.3, -0.25) is 9.59 Å². The largest absolute Gasteiger partial charge is 0.491 e. The number of rotatable bonds is 5. The number of halogens is 1. The molecule has 0 saturated carbocycles. The minimum Gasteiger partial charge on any atom is -0.491 e. The molecule has 2 rings (SSSR count). The molecule has 2 N–H and O–H groups in total. The maximum Gasteiger partial charge on any atom is 0.272 e. The van der Waals surface area contributed by atoms with E-state index >= 15 is 0 Å². The number of aliphatic hydroxyl groups is 1. The first-order valence-corrected chi connectivity index (χ1v) is 6.89. The Morgan fingerprint density at radius 1 is 1.41 bits per heavy atom. The quantitative estimate of drug-likeness (QED) is 0.879. The smallest absolute Gasteiger partial charge is 0.272 e. The van der Waals surface area contributed by atoms with Crippen molar-refractivity contribution in [3.63, 3.8) is 0 Å². The number of carbonyl (C=O) groups is 1. The van der Waals surface area contributed by atoms with Gasteiger partial charge in [-0.15, -0.1) is 0 Å². The van der Waals surface area contributed by atoms with E-state index < -0.39 is 11.3 Å². The van der Waals surface area contributed by atoms with Crippen LogP contribution in [0.1, 0.15) is 10.5 Å². The van der Waals surface area contributed by atoms with Gasteiger partial charge in [-0.1, -0.05) is 17.7 Å². The molecule has 1 amide bonds. The summed E-state index contributed by atoms with van der Waals surface area (Å²) in [6.45, 7) is -0.0155. The average Bonchev–Trinajstić information content (AvgIpc) is 2.48. The molecule has 0 bridgehead atoms. The Labute approximate surface area is 131 Å². The molecule has 1 aromatic carbocycles. The van der Waals surface area contributed by atoms with Gasteiger partial charge in [0.15, 0.2) is 5.75 Å². The van der Waals surface area contributed by atoms with Gasteiger partial charge in [0.1, 0.15) is 5.69 Å². The van der Waals surface area contributed by atoms with Crippen LogP contribution in [0.5, 0.6) is 5.75 Å². The van der Waals surface area contributed by atoms with Gasteiger partial charge >= 0.3 is 0 Å². The molecule has 22 heavy (non-hydrogen) atoms. The Hall–Kier alpha value is -2.31. The number of pyridine rings is 1. The highest BCUT2D eigenvalue weighted by Gasteiger charge is 2.14. The van der Waals surface area contributed by atoms with Gasteiger partial charge in [0.05, 0.1) is 19.9 Å². The summed E-state index contributed by atoms with van der Waals surface area (Å²) >= 11 is 5.86. The Morgan fingerprint density at radius 2 is 2.18 bits per heavy atom.